The summed E-state index contributed by atoms with van der Waals surface area (Å²) in [5.41, 5.74) is -2.50. The maximum atomic E-state index is 14.4. The molecule has 2 aromatic rings. The fourth-order valence-electron chi connectivity index (χ4n) is 8.09. The lowest BCUT2D eigenvalue weighted by Gasteiger charge is -2.41. The van der Waals surface area contributed by atoms with Crippen molar-refractivity contribution >= 4 is 23.7 Å². The summed E-state index contributed by atoms with van der Waals surface area (Å²) in [5, 5.41) is 15.8. The van der Waals surface area contributed by atoms with Crippen LogP contribution in [0.25, 0.3) is 0 Å². The number of nitrogens with zero attached hydrogens (tertiary/aromatic N) is 3. The molecule has 57 heavy (non-hydrogen) atoms. The number of oxime groups is 1. The largest absolute Gasteiger partial charge is 0.513 e. The lowest BCUT2D eigenvalue weighted by atomic mass is 9.85. The van der Waals surface area contributed by atoms with Gasteiger partial charge in [0.1, 0.15) is 17.2 Å². The van der Waals surface area contributed by atoms with Crippen molar-refractivity contribution in [3.05, 3.63) is 75.4 Å². The number of hydrogen-bond acceptors (Lipinski definition) is 9. The number of ether oxygens (including phenoxy) is 2. The van der Waals surface area contributed by atoms with Crippen LogP contribution in [0.5, 0.6) is 5.75 Å². The molecule has 1 spiro atoms. The minimum absolute atomic E-state index is 0.00114. The predicted octanol–water partition coefficient (Wildman–Crippen LogP) is 8.57. The van der Waals surface area contributed by atoms with E-state index in [1.807, 2.05) is 6.92 Å². The van der Waals surface area contributed by atoms with E-state index in [9.17, 15) is 28.0 Å². The summed E-state index contributed by atoms with van der Waals surface area (Å²) in [6, 6.07) is 2.07. The van der Waals surface area contributed by atoms with Gasteiger partial charge in [0.25, 0.3) is 11.8 Å². The van der Waals surface area contributed by atoms with Gasteiger partial charge in [-0.2, -0.15) is 0 Å². The highest BCUT2D eigenvalue weighted by Gasteiger charge is 2.55. The molecule has 4 heterocycles. The molecule has 0 radical (unpaired) electrons. The van der Waals surface area contributed by atoms with Crippen LogP contribution in [0, 0.1) is 11.6 Å². The first-order chi connectivity index (χ1) is 27.4. The number of benzene rings is 1. The highest BCUT2D eigenvalue weighted by atomic mass is 19.1. The number of rotatable bonds is 21. The predicted molar refractivity (Wildman–Crippen MR) is 211 cm³/mol. The molecule has 14 heteroatoms. The molecule has 12 nitrogen and oxygen atoms in total. The van der Waals surface area contributed by atoms with E-state index in [4.69, 9.17) is 19.4 Å². The molecule has 2 N–H and O–H groups in total. The smallest absolute Gasteiger partial charge is 0.311 e. The van der Waals surface area contributed by atoms with E-state index < -0.39 is 57.8 Å². The average Bonchev–Trinajstić information content (AvgIpc) is 3.56. The van der Waals surface area contributed by atoms with Crippen LogP contribution in [-0.2, 0) is 20.9 Å². The highest BCUT2D eigenvalue weighted by Crippen LogP contribution is 2.46. The molecule has 2 bridgehead atoms. The molecule has 2 amide bonds. The van der Waals surface area contributed by atoms with Crippen molar-refractivity contribution < 1.29 is 42.6 Å². The Morgan fingerprint density at radius 1 is 0.982 bits per heavy atom. The van der Waals surface area contributed by atoms with Crippen LogP contribution in [0.15, 0.2) is 46.7 Å². The SMILES string of the molecule is C=C(O)CCCCCCCCCCCCCCCCC(=O)Oc1c2n(cc(C(=O)NCc3ccc(F)cc3F)c1=O)[C@@H]1CN(C2=O)[C@@H](C)CC[C@]12CC(OC)=NO2. The number of allylic oxidation sites excluding steroid dienone is 1. The van der Waals surface area contributed by atoms with Crippen LogP contribution in [0.2, 0.25) is 0 Å². The quantitative estimate of drug-likeness (QED) is 0.0725. The summed E-state index contributed by atoms with van der Waals surface area (Å²) in [6.07, 6.45) is 18.4. The number of methoxy groups -OCH3 is 1. The summed E-state index contributed by atoms with van der Waals surface area (Å²) in [5.74, 6) is -3.63. The Hall–Kier alpha value is -4.75. The van der Waals surface area contributed by atoms with E-state index in [1.165, 1.54) is 68.9 Å². The summed E-state index contributed by atoms with van der Waals surface area (Å²) in [6.45, 7) is 5.26. The topological polar surface area (TPSA) is 149 Å². The first-order valence-electron chi connectivity index (χ1n) is 20.6. The summed E-state index contributed by atoms with van der Waals surface area (Å²) in [7, 11) is 1.49. The van der Waals surface area contributed by atoms with Gasteiger partial charge in [-0.3, -0.25) is 19.2 Å². The number of hydrogen-bond donors (Lipinski definition) is 2. The molecule has 3 aliphatic rings. The molecule has 0 unspecified atom stereocenters. The van der Waals surface area contributed by atoms with Gasteiger partial charge in [-0.15, -0.1) is 0 Å². The van der Waals surface area contributed by atoms with E-state index >= 15 is 0 Å². The molecule has 1 saturated heterocycles. The Kier molecular flexibility index (Phi) is 15.7. The maximum Gasteiger partial charge on any atom is 0.311 e. The molecule has 312 valence electrons. The fraction of sp³-hybridized carbons (Fsp3) is 0.605. The van der Waals surface area contributed by atoms with Gasteiger partial charge in [0, 0.05) is 49.8 Å². The first kappa shape index (κ1) is 43.4. The number of esters is 1. The van der Waals surface area contributed by atoms with Crippen LogP contribution in [0.4, 0.5) is 8.78 Å². The Labute approximate surface area is 333 Å². The Morgan fingerprint density at radius 3 is 2.18 bits per heavy atom. The Morgan fingerprint density at radius 2 is 1.60 bits per heavy atom. The van der Waals surface area contributed by atoms with E-state index in [-0.39, 0.29) is 49.0 Å². The van der Waals surface area contributed by atoms with Gasteiger partial charge in [0.2, 0.25) is 17.1 Å². The van der Waals surface area contributed by atoms with Crippen molar-refractivity contribution in [2.24, 2.45) is 5.16 Å². The van der Waals surface area contributed by atoms with Gasteiger partial charge in [0.15, 0.2) is 11.3 Å². The standard InChI is InChI=1S/C43H58F2N4O8/c1-29-22-23-43(25-36(55-3)47-57-43)35-28-48(29)42(54)38-40(39(52)33(27-49(35)38)41(53)46-26-31-20-21-32(44)24-34(31)45)56-37(51)19-17-15-13-11-9-7-5-4-6-8-10-12-14-16-18-30(2)50/h20-21,24,27,29,35,50H,2,4-19,22-23,25-26,28H2,1,3H3,(H,46,53)/t29-,35+,43-/m0/s1. The molecule has 3 aliphatic heterocycles. The zero-order valence-electron chi connectivity index (χ0n) is 33.4. The van der Waals surface area contributed by atoms with E-state index in [0.29, 0.717) is 37.6 Å². The molecule has 0 aliphatic carbocycles. The summed E-state index contributed by atoms with van der Waals surface area (Å²) < 4.78 is 40.6. The minimum atomic E-state index is -0.983. The summed E-state index contributed by atoms with van der Waals surface area (Å²) in [4.78, 5) is 62.9. The summed E-state index contributed by atoms with van der Waals surface area (Å²) >= 11 is 0. The molecule has 5 rings (SSSR count). The first-order valence-corrected chi connectivity index (χ1v) is 20.6. The number of carbonyl (C=O) groups is 3. The number of aliphatic hydroxyl groups excluding tert-OH is 1. The van der Waals surface area contributed by atoms with Crippen molar-refractivity contribution in [1.82, 2.24) is 14.8 Å². The second-order valence-electron chi connectivity index (χ2n) is 15.7. The van der Waals surface area contributed by atoms with Gasteiger partial charge in [0.05, 0.1) is 25.3 Å². The minimum Gasteiger partial charge on any atom is -0.513 e. The molecular weight excluding hydrogens is 738 g/mol. The highest BCUT2D eigenvalue weighted by molar-refractivity contribution is 6.00. The number of carbonyl (C=O) groups excluding carboxylic acids is 3. The van der Waals surface area contributed by atoms with Gasteiger partial charge in [-0.1, -0.05) is 94.9 Å². The van der Waals surface area contributed by atoms with Crippen molar-refractivity contribution in [3.63, 3.8) is 0 Å². The molecule has 0 saturated carbocycles. The second-order valence-corrected chi connectivity index (χ2v) is 15.7. The lowest BCUT2D eigenvalue weighted by molar-refractivity contribution is -0.134. The van der Waals surface area contributed by atoms with Gasteiger partial charge in [-0.05, 0) is 38.7 Å². The van der Waals surface area contributed by atoms with E-state index in [1.54, 1.807) is 4.90 Å². The lowest BCUT2D eigenvalue weighted by Crippen LogP contribution is -2.52. The number of amides is 2. The zero-order valence-corrected chi connectivity index (χ0v) is 33.4. The van der Waals surface area contributed by atoms with Crippen LogP contribution in [-0.4, -0.2) is 63.6 Å². The van der Waals surface area contributed by atoms with Crippen LogP contribution < -0.4 is 15.5 Å². The van der Waals surface area contributed by atoms with Crippen LogP contribution in [0.3, 0.4) is 0 Å². The van der Waals surface area contributed by atoms with E-state index in [2.05, 4.69) is 17.1 Å². The molecule has 1 aromatic carbocycles. The number of pyridine rings is 1. The fourth-order valence-corrected chi connectivity index (χ4v) is 8.09. The van der Waals surface area contributed by atoms with Crippen LogP contribution >= 0.6 is 0 Å². The Balaban J connectivity index is 1.21. The third kappa shape index (κ3) is 11.2. The number of aromatic nitrogens is 1. The van der Waals surface area contributed by atoms with Crippen molar-refractivity contribution in [1.29, 1.82) is 0 Å². The number of unbranched alkanes of at least 4 members (excludes halogenated alkanes) is 13. The van der Waals surface area contributed by atoms with Gasteiger partial charge < -0.3 is 34.2 Å². The zero-order chi connectivity index (χ0) is 41.0. The van der Waals surface area contributed by atoms with Crippen LogP contribution in [0.1, 0.15) is 161 Å². The van der Waals surface area contributed by atoms with Crippen molar-refractivity contribution in [2.75, 3.05) is 13.7 Å². The number of aliphatic hydroxyl groups is 1. The van der Waals surface area contributed by atoms with Crippen molar-refractivity contribution in [3.8, 4) is 5.75 Å². The third-order valence-corrected chi connectivity index (χ3v) is 11.5. The number of fused-ring (bicyclic) bond motifs is 5. The molecular formula is C43H58F2N4O8. The monoisotopic (exact) mass is 796 g/mol. The average molecular weight is 797 g/mol. The Bertz CT molecular complexity index is 1850. The molecule has 1 aromatic heterocycles. The van der Waals surface area contributed by atoms with Crippen molar-refractivity contribution in [2.45, 2.75) is 153 Å². The number of halogens is 2. The second kappa shape index (κ2) is 20.6. The molecule has 1 fully saturated rings. The third-order valence-electron chi connectivity index (χ3n) is 11.5. The molecule has 3 atom stereocenters. The number of nitrogens with one attached hydrogen (secondary N) is 1. The normalized spacial score (nSPS) is 19.8. The van der Waals surface area contributed by atoms with Gasteiger partial charge in [-0.25, -0.2) is 8.78 Å². The van der Waals surface area contributed by atoms with Gasteiger partial charge >= 0.3 is 5.97 Å². The van der Waals surface area contributed by atoms with E-state index in [0.717, 1.165) is 44.6 Å². The maximum absolute atomic E-state index is 14.4.